The molecule has 0 aromatic heterocycles. The Morgan fingerprint density at radius 1 is 1.19 bits per heavy atom. The summed E-state index contributed by atoms with van der Waals surface area (Å²) in [6.07, 6.45) is 1.16. The van der Waals surface area contributed by atoms with E-state index in [4.69, 9.17) is 0 Å². The number of piperidine rings is 1. The lowest BCUT2D eigenvalue weighted by Crippen LogP contribution is -2.35. The molecule has 0 amide bonds. The van der Waals surface area contributed by atoms with Crippen LogP contribution in [0.2, 0.25) is 0 Å². The fourth-order valence-corrected chi connectivity index (χ4v) is 3.60. The van der Waals surface area contributed by atoms with E-state index in [1.807, 2.05) is 4.90 Å². The summed E-state index contributed by atoms with van der Waals surface area (Å²) < 4.78 is 52.0. The van der Waals surface area contributed by atoms with E-state index in [2.05, 4.69) is 25.7 Å². The van der Waals surface area contributed by atoms with E-state index in [-0.39, 0.29) is 5.69 Å². The first-order valence-electron chi connectivity index (χ1n) is 9.31. The molecule has 0 bridgehead atoms. The molecule has 1 fully saturated rings. The zero-order chi connectivity index (χ0) is 19.3. The third-order valence-electron chi connectivity index (χ3n) is 5.33. The van der Waals surface area contributed by atoms with E-state index in [1.54, 1.807) is 0 Å². The lowest BCUT2D eigenvalue weighted by molar-refractivity contribution is -0.137. The Labute approximate surface area is 153 Å². The number of alkyl halides is 3. The highest BCUT2D eigenvalue weighted by Gasteiger charge is 2.31. The number of rotatable bonds is 7. The minimum Gasteiger partial charge on any atom is -0.359 e. The summed E-state index contributed by atoms with van der Waals surface area (Å²) in [5.74, 6) is 1.06. The Balaban J connectivity index is 1.92. The molecular weight excluding hydrogens is 344 g/mol. The Bertz CT molecular complexity index is 600. The van der Waals surface area contributed by atoms with Crippen LogP contribution in [0, 0.1) is 17.7 Å². The highest BCUT2D eigenvalue weighted by Crippen LogP contribution is 2.33. The molecular formula is C20H28F4N2. The fraction of sp³-hybridized carbons (Fsp3) is 0.600. The Morgan fingerprint density at radius 2 is 1.81 bits per heavy atom. The summed E-state index contributed by atoms with van der Waals surface area (Å²) in [4.78, 5) is 2.03. The molecule has 1 saturated heterocycles. The van der Waals surface area contributed by atoms with Gasteiger partial charge in [-0.05, 0) is 49.3 Å². The lowest BCUT2D eigenvalue weighted by atomic mass is 9.85. The number of hydrogen-bond donors (Lipinski definition) is 1. The first-order valence-corrected chi connectivity index (χ1v) is 9.31. The molecule has 1 heterocycles. The number of likely N-dealkylation sites (tertiary alicyclic amines) is 1. The first-order chi connectivity index (χ1) is 12.2. The monoisotopic (exact) mass is 372 g/mol. The molecule has 0 spiro atoms. The van der Waals surface area contributed by atoms with Gasteiger partial charge in [-0.15, -0.1) is 0 Å². The van der Waals surface area contributed by atoms with Gasteiger partial charge in [-0.1, -0.05) is 33.3 Å². The number of benzene rings is 1. The predicted molar refractivity (Wildman–Crippen MR) is 97.2 cm³/mol. The van der Waals surface area contributed by atoms with Gasteiger partial charge in [-0.3, -0.25) is 0 Å². The summed E-state index contributed by atoms with van der Waals surface area (Å²) in [6, 6.07) is 2.46. The van der Waals surface area contributed by atoms with Crippen molar-refractivity contribution in [1.82, 2.24) is 4.90 Å². The highest BCUT2D eigenvalue weighted by atomic mass is 19.4. The minimum atomic E-state index is -4.58. The van der Waals surface area contributed by atoms with Gasteiger partial charge in [0.1, 0.15) is 5.82 Å². The van der Waals surface area contributed by atoms with Crippen LogP contribution in [-0.4, -0.2) is 18.0 Å². The average molecular weight is 372 g/mol. The second-order valence-corrected chi connectivity index (χ2v) is 7.15. The van der Waals surface area contributed by atoms with Crippen molar-refractivity contribution >= 4 is 5.69 Å². The fourth-order valence-electron chi connectivity index (χ4n) is 3.60. The molecule has 1 aromatic rings. The van der Waals surface area contributed by atoms with Gasteiger partial charge in [0.05, 0.1) is 11.4 Å². The van der Waals surface area contributed by atoms with Gasteiger partial charge in [-0.25, -0.2) is 4.39 Å². The molecule has 0 saturated carbocycles. The van der Waals surface area contributed by atoms with Gasteiger partial charge in [0.2, 0.25) is 0 Å². The van der Waals surface area contributed by atoms with Gasteiger partial charge >= 0.3 is 6.18 Å². The molecule has 1 aromatic carbocycles. The van der Waals surface area contributed by atoms with Crippen molar-refractivity contribution in [3.8, 4) is 0 Å². The standard InChI is InChI=1S/C20H28F4N2/c1-4-15(5-2)10-16-6-8-26(9-7-16)14(3)25-19-12-17(20(22,23)24)11-18(21)13-19/h11-13,15-16,25H,3-10H2,1-2H3. The summed E-state index contributed by atoms with van der Waals surface area (Å²) in [5.41, 5.74) is -0.932. The van der Waals surface area contributed by atoms with Crippen LogP contribution in [-0.2, 0) is 6.18 Å². The molecule has 1 aliphatic heterocycles. The normalized spacial score (nSPS) is 16.2. The van der Waals surface area contributed by atoms with Gasteiger partial charge in [0, 0.05) is 18.8 Å². The Kier molecular flexibility index (Phi) is 6.95. The maximum Gasteiger partial charge on any atom is 0.416 e. The molecule has 26 heavy (non-hydrogen) atoms. The van der Waals surface area contributed by atoms with Crippen LogP contribution in [0.5, 0.6) is 0 Å². The van der Waals surface area contributed by atoms with Crippen LogP contribution in [0.25, 0.3) is 0 Å². The number of anilines is 1. The van der Waals surface area contributed by atoms with Crippen molar-refractivity contribution in [1.29, 1.82) is 0 Å². The van der Waals surface area contributed by atoms with Crippen molar-refractivity contribution in [2.75, 3.05) is 18.4 Å². The summed E-state index contributed by atoms with van der Waals surface area (Å²) in [5, 5.41) is 2.83. The van der Waals surface area contributed by atoms with Crippen molar-refractivity contribution in [2.45, 2.75) is 52.1 Å². The zero-order valence-corrected chi connectivity index (χ0v) is 15.5. The number of hydrogen-bond acceptors (Lipinski definition) is 2. The predicted octanol–water partition coefficient (Wildman–Crippen LogP) is 6.27. The van der Waals surface area contributed by atoms with E-state index >= 15 is 0 Å². The van der Waals surface area contributed by atoms with Gasteiger partial charge in [0.25, 0.3) is 0 Å². The molecule has 1 N–H and O–H groups in total. The SMILES string of the molecule is C=C(Nc1cc(F)cc(C(F)(F)F)c1)N1CCC(CC(CC)CC)CC1. The van der Waals surface area contributed by atoms with Crippen molar-refractivity contribution < 1.29 is 17.6 Å². The van der Waals surface area contributed by atoms with Crippen LogP contribution in [0.3, 0.4) is 0 Å². The smallest absolute Gasteiger partial charge is 0.359 e. The summed E-state index contributed by atoms with van der Waals surface area (Å²) >= 11 is 0. The molecule has 0 unspecified atom stereocenters. The first kappa shape index (κ1) is 20.6. The second-order valence-electron chi connectivity index (χ2n) is 7.15. The van der Waals surface area contributed by atoms with E-state index in [9.17, 15) is 17.6 Å². The molecule has 0 radical (unpaired) electrons. The molecule has 2 nitrogen and oxygen atoms in total. The average Bonchev–Trinajstić information content (AvgIpc) is 2.59. The van der Waals surface area contributed by atoms with Gasteiger partial charge < -0.3 is 10.2 Å². The van der Waals surface area contributed by atoms with Crippen LogP contribution in [0.1, 0.15) is 51.5 Å². The number of halogens is 4. The zero-order valence-electron chi connectivity index (χ0n) is 15.5. The molecule has 6 heteroatoms. The summed E-state index contributed by atoms with van der Waals surface area (Å²) in [7, 11) is 0. The van der Waals surface area contributed by atoms with E-state index < -0.39 is 17.6 Å². The topological polar surface area (TPSA) is 15.3 Å². The van der Waals surface area contributed by atoms with Crippen LogP contribution < -0.4 is 5.32 Å². The quantitative estimate of drug-likeness (QED) is 0.568. The van der Waals surface area contributed by atoms with Crippen molar-refractivity contribution in [3.63, 3.8) is 0 Å². The van der Waals surface area contributed by atoms with E-state index in [0.29, 0.717) is 17.8 Å². The van der Waals surface area contributed by atoms with E-state index in [0.717, 1.165) is 44.0 Å². The second kappa shape index (κ2) is 8.78. The lowest BCUT2D eigenvalue weighted by Gasteiger charge is -2.36. The summed E-state index contributed by atoms with van der Waals surface area (Å²) in [6.45, 7) is 10.0. The van der Waals surface area contributed by atoms with Crippen LogP contribution in [0.15, 0.2) is 30.6 Å². The Morgan fingerprint density at radius 3 is 2.35 bits per heavy atom. The van der Waals surface area contributed by atoms with E-state index in [1.165, 1.54) is 19.3 Å². The highest BCUT2D eigenvalue weighted by molar-refractivity contribution is 5.50. The van der Waals surface area contributed by atoms with Crippen LogP contribution in [0.4, 0.5) is 23.2 Å². The molecule has 0 atom stereocenters. The third kappa shape index (κ3) is 5.64. The number of nitrogens with zero attached hydrogens (tertiary/aromatic N) is 1. The van der Waals surface area contributed by atoms with Crippen molar-refractivity contribution in [2.24, 2.45) is 11.8 Å². The maximum absolute atomic E-state index is 13.5. The molecule has 0 aliphatic carbocycles. The largest absolute Gasteiger partial charge is 0.416 e. The Hall–Kier alpha value is -1.72. The third-order valence-corrected chi connectivity index (χ3v) is 5.33. The van der Waals surface area contributed by atoms with Gasteiger partial charge in [0.15, 0.2) is 0 Å². The molecule has 1 aliphatic rings. The molecule has 146 valence electrons. The maximum atomic E-state index is 13.5. The van der Waals surface area contributed by atoms with Crippen LogP contribution >= 0.6 is 0 Å². The molecule has 2 rings (SSSR count). The van der Waals surface area contributed by atoms with Gasteiger partial charge in [-0.2, -0.15) is 13.2 Å². The number of nitrogens with one attached hydrogen (secondary N) is 1. The van der Waals surface area contributed by atoms with Crippen molar-refractivity contribution in [3.05, 3.63) is 42.0 Å². The minimum absolute atomic E-state index is 0.0708.